The van der Waals surface area contributed by atoms with Crippen molar-refractivity contribution in [2.24, 2.45) is 16.7 Å². The minimum Gasteiger partial charge on any atom is -0.481 e. The molecule has 0 amide bonds. The van der Waals surface area contributed by atoms with Crippen molar-refractivity contribution in [2.45, 2.75) is 65.7 Å². The van der Waals surface area contributed by atoms with Crippen LogP contribution in [0.3, 0.4) is 0 Å². The van der Waals surface area contributed by atoms with E-state index < -0.39 is 11.4 Å². The zero-order valence-corrected chi connectivity index (χ0v) is 19.3. The van der Waals surface area contributed by atoms with Gasteiger partial charge in [0.05, 0.1) is 15.9 Å². The molecule has 0 heterocycles. The first-order chi connectivity index (χ1) is 15.1. The third kappa shape index (κ3) is 3.55. The number of rotatable bonds is 5. The maximum atomic E-state index is 12.4. The van der Waals surface area contributed by atoms with Gasteiger partial charge < -0.3 is 10.4 Å². The Hall–Kier alpha value is -2.89. The second-order valence-electron chi connectivity index (χ2n) is 10.4. The smallest absolute Gasteiger partial charge is 0.309 e. The summed E-state index contributed by atoms with van der Waals surface area (Å²) in [5, 5.41) is 25.9. The molecule has 0 aromatic heterocycles. The lowest BCUT2D eigenvalue weighted by Gasteiger charge is -2.53. The number of carboxylic acids is 1. The SMILES string of the molecule is CC(C)c1c(Nc2ccccc2)cc2c(c1[N+](=O)[O-])C[C@@H]1[C@](C)(CCC[C@@]1(C)C(=O)O)C2. The highest BCUT2D eigenvalue weighted by Crippen LogP contribution is 2.58. The second kappa shape index (κ2) is 7.91. The fourth-order valence-corrected chi connectivity index (χ4v) is 6.30. The number of nitrogens with one attached hydrogen (secondary N) is 1. The summed E-state index contributed by atoms with van der Waals surface area (Å²) in [4.78, 5) is 24.4. The molecule has 3 atom stereocenters. The molecule has 1 saturated carbocycles. The summed E-state index contributed by atoms with van der Waals surface area (Å²) in [5.74, 6) is -0.969. The number of benzene rings is 2. The number of carbonyl (C=O) groups is 1. The van der Waals surface area contributed by atoms with Gasteiger partial charge in [-0.25, -0.2) is 0 Å². The van der Waals surface area contributed by atoms with Crippen molar-refractivity contribution in [3.05, 3.63) is 63.2 Å². The van der Waals surface area contributed by atoms with E-state index in [-0.39, 0.29) is 27.9 Å². The van der Waals surface area contributed by atoms with Gasteiger partial charge in [0.15, 0.2) is 0 Å². The molecule has 0 bridgehead atoms. The van der Waals surface area contributed by atoms with E-state index in [4.69, 9.17) is 0 Å². The monoisotopic (exact) mass is 436 g/mol. The van der Waals surface area contributed by atoms with Crippen molar-refractivity contribution in [2.75, 3.05) is 5.32 Å². The molecule has 4 rings (SSSR count). The van der Waals surface area contributed by atoms with Gasteiger partial charge in [-0.2, -0.15) is 0 Å². The Morgan fingerprint density at radius 2 is 1.91 bits per heavy atom. The van der Waals surface area contributed by atoms with Crippen LogP contribution in [0.5, 0.6) is 0 Å². The number of carboxylic acid groups (broad SMARTS) is 1. The van der Waals surface area contributed by atoms with Crippen LogP contribution in [-0.4, -0.2) is 16.0 Å². The van der Waals surface area contributed by atoms with Crippen molar-refractivity contribution < 1.29 is 14.8 Å². The summed E-state index contributed by atoms with van der Waals surface area (Å²) in [7, 11) is 0. The standard InChI is InChI=1S/C26H32N2O4/c1-16(2)22-20(27-18-9-6-5-7-10-18)13-17-15-25(3)11-8-12-26(4,24(29)30)21(25)14-19(17)23(22)28(31)32/h5-7,9-10,13,16,21,27H,8,11-12,14-15H2,1-4H3,(H,29,30)/t21-,25-,26-/m1/s1. The lowest BCUT2D eigenvalue weighted by atomic mass is 9.50. The lowest BCUT2D eigenvalue weighted by molar-refractivity contribution is -0.386. The Kier molecular flexibility index (Phi) is 5.51. The van der Waals surface area contributed by atoms with Crippen molar-refractivity contribution in [1.82, 2.24) is 0 Å². The first-order valence-corrected chi connectivity index (χ1v) is 11.5. The van der Waals surface area contributed by atoms with Gasteiger partial charge in [0.25, 0.3) is 5.69 Å². The van der Waals surface area contributed by atoms with E-state index in [2.05, 4.69) is 18.3 Å². The predicted molar refractivity (Wildman–Crippen MR) is 126 cm³/mol. The van der Waals surface area contributed by atoms with E-state index in [1.54, 1.807) is 0 Å². The highest BCUT2D eigenvalue weighted by Gasteiger charge is 2.55. The Balaban J connectivity index is 1.91. The maximum absolute atomic E-state index is 12.4. The zero-order valence-electron chi connectivity index (χ0n) is 19.3. The lowest BCUT2D eigenvalue weighted by Crippen LogP contribution is -2.51. The van der Waals surface area contributed by atoms with E-state index in [1.807, 2.05) is 51.1 Å². The molecule has 6 heteroatoms. The van der Waals surface area contributed by atoms with Crippen LogP contribution in [0.25, 0.3) is 0 Å². The predicted octanol–water partition coefficient (Wildman–Crippen LogP) is 6.46. The van der Waals surface area contributed by atoms with Crippen LogP contribution in [0.2, 0.25) is 0 Å². The molecule has 2 aliphatic carbocycles. The Labute approximate surface area is 189 Å². The number of anilines is 2. The third-order valence-electron chi connectivity index (χ3n) is 7.90. The van der Waals surface area contributed by atoms with Gasteiger partial charge in [-0.1, -0.05) is 45.4 Å². The van der Waals surface area contributed by atoms with Crippen LogP contribution < -0.4 is 5.32 Å². The largest absolute Gasteiger partial charge is 0.481 e. The normalized spacial score (nSPS) is 26.8. The van der Waals surface area contributed by atoms with Crippen molar-refractivity contribution >= 4 is 23.0 Å². The van der Waals surface area contributed by atoms with Gasteiger partial charge in [0, 0.05) is 16.9 Å². The molecule has 170 valence electrons. The third-order valence-corrected chi connectivity index (χ3v) is 7.90. The first-order valence-electron chi connectivity index (χ1n) is 11.5. The number of para-hydroxylation sites is 1. The van der Waals surface area contributed by atoms with Crippen LogP contribution in [0, 0.1) is 26.9 Å². The fourth-order valence-electron chi connectivity index (χ4n) is 6.30. The number of aliphatic carboxylic acids is 1. The van der Waals surface area contributed by atoms with Crippen LogP contribution in [-0.2, 0) is 17.6 Å². The summed E-state index contributed by atoms with van der Waals surface area (Å²) in [6, 6.07) is 11.8. The fraction of sp³-hybridized carbons (Fsp3) is 0.500. The van der Waals surface area contributed by atoms with Gasteiger partial charge in [-0.3, -0.25) is 14.9 Å². The molecule has 2 aliphatic rings. The van der Waals surface area contributed by atoms with Crippen molar-refractivity contribution in [1.29, 1.82) is 0 Å². The average Bonchev–Trinajstić information content (AvgIpc) is 2.72. The summed E-state index contributed by atoms with van der Waals surface area (Å²) >= 11 is 0. The molecule has 2 aromatic rings. The molecule has 1 fully saturated rings. The van der Waals surface area contributed by atoms with Crippen LogP contribution in [0.15, 0.2) is 36.4 Å². The summed E-state index contributed by atoms with van der Waals surface area (Å²) in [6.07, 6.45) is 3.54. The van der Waals surface area contributed by atoms with Crippen LogP contribution >= 0.6 is 0 Å². The van der Waals surface area contributed by atoms with E-state index in [9.17, 15) is 20.0 Å². The highest BCUT2D eigenvalue weighted by molar-refractivity contribution is 5.76. The molecule has 0 spiro atoms. The second-order valence-corrected chi connectivity index (χ2v) is 10.4. The van der Waals surface area contributed by atoms with E-state index in [1.165, 1.54) is 0 Å². The molecule has 2 aromatic carbocycles. The van der Waals surface area contributed by atoms with Gasteiger partial charge in [-0.15, -0.1) is 0 Å². The molecule has 32 heavy (non-hydrogen) atoms. The van der Waals surface area contributed by atoms with Crippen molar-refractivity contribution in [3.63, 3.8) is 0 Å². The number of fused-ring (bicyclic) bond motifs is 2. The molecule has 0 aliphatic heterocycles. The summed E-state index contributed by atoms with van der Waals surface area (Å²) in [5.41, 5.74) is 3.18. The van der Waals surface area contributed by atoms with Gasteiger partial charge >= 0.3 is 5.97 Å². The number of hydrogen-bond acceptors (Lipinski definition) is 4. The van der Waals surface area contributed by atoms with Crippen LogP contribution in [0.1, 0.15) is 69.6 Å². The van der Waals surface area contributed by atoms with E-state index in [0.717, 1.165) is 35.3 Å². The molecule has 0 unspecified atom stereocenters. The molecular formula is C26H32N2O4. The average molecular weight is 437 g/mol. The number of hydrogen-bond donors (Lipinski definition) is 2. The van der Waals surface area contributed by atoms with Gasteiger partial charge in [0.1, 0.15) is 0 Å². The minimum atomic E-state index is -0.864. The van der Waals surface area contributed by atoms with Gasteiger partial charge in [0.2, 0.25) is 0 Å². The van der Waals surface area contributed by atoms with Gasteiger partial charge in [-0.05, 0) is 73.6 Å². The van der Waals surface area contributed by atoms with E-state index >= 15 is 0 Å². The molecule has 0 radical (unpaired) electrons. The molecule has 2 N–H and O–H groups in total. The summed E-state index contributed by atoms with van der Waals surface area (Å²) < 4.78 is 0. The zero-order chi connectivity index (χ0) is 23.3. The quantitative estimate of drug-likeness (QED) is 0.414. The molecular weight excluding hydrogens is 404 g/mol. The number of nitro benzene ring substituents is 1. The maximum Gasteiger partial charge on any atom is 0.309 e. The summed E-state index contributed by atoms with van der Waals surface area (Å²) in [6.45, 7) is 7.95. The van der Waals surface area contributed by atoms with Crippen molar-refractivity contribution in [3.8, 4) is 0 Å². The topological polar surface area (TPSA) is 92.5 Å². The van der Waals surface area contributed by atoms with Crippen LogP contribution in [0.4, 0.5) is 17.1 Å². The molecule has 6 nitrogen and oxygen atoms in total. The Morgan fingerprint density at radius 3 is 2.50 bits per heavy atom. The Bertz CT molecular complexity index is 1070. The minimum absolute atomic E-state index is 0.0579. The molecule has 0 saturated heterocycles. The Morgan fingerprint density at radius 1 is 1.22 bits per heavy atom. The number of nitrogens with zero attached hydrogens (tertiary/aromatic N) is 1. The first kappa shape index (κ1) is 22.3. The van der Waals surface area contributed by atoms with E-state index in [0.29, 0.717) is 24.8 Å². The highest BCUT2D eigenvalue weighted by atomic mass is 16.6. The number of nitro groups is 1.